The first kappa shape index (κ1) is 66.4. The van der Waals surface area contributed by atoms with Crippen molar-refractivity contribution < 1.29 is 5.11 Å². The van der Waals surface area contributed by atoms with Crippen molar-refractivity contribution in [3.8, 4) is 0 Å². The summed E-state index contributed by atoms with van der Waals surface area (Å²) in [4.78, 5) is 73.7. The summed E-state index contributed by atoms with van der Waals surface area (Å²) in [5.74, 6) is 5.50. The van der Waals surface area contributed by atoms with Crippen molar-refractivity contribution in [2.24, 2.45) is 0 Å². The number of aromatic nitrogens is 18. The molecular formula is C49H89N35O. The highest BCUT2D eigenvalue weighted by Gasteiger charge is 2.09. The summed E-state index contributed by atoms with van der Waals surface area (Å²) < 4.78 is 0. The summed E-state index contributed by atoms with van der Waals surface area (Å²) in [6, 6.07) is 0. The highest BCUT2D eigenvalue weighted by Crippen LogP contribution is 2.14. The van der Waals surface area contributed by atoms with Crippen LogP contribution in [-0.2, 0) is 6.42 Å². The van der Waals surface area contributed by atoms with Crippen molar-refractivity contribution in [2.45, 2.75) is 141 Å². The molecule has 0 aromatic carbocycles. The van der Waals surface area contributed by atoms with Gasteiger partial charge in [0.05, 0.1) is 0 Å². The van der Waals surface area contributed by atoms with Gasteiger partial charge in [-0.1, -0.05) is 70.6 Å². The van der Waals surface area contributed by atoms with Gasteiger partial charge in [-0.25, -0.2) is 0 Å². The highest BCUT2D eigenvalue weighted by molar-refractivity contribution is 5.43. The van der Waals surface area contributed by atoms with Crippen LogP contribution in [0.4, 0.5) is 101 Å². The second-order valence-corrected chi connectivity index (χ2v) is 19.6. The van der Waals surface area contributed by atoms with Crippen LogP contribution in [0.2, 0.25) is 0 Å². The summed E-state index contributed by atoms with van der Waals surface area (Å²) in [5.41, 5.74) is 51.0. The van der Waals surface area contributed by atoms with Crippen molar-refractivity contribution in [1.82, 2.24) is 89.7 Å². The van der Waals surface area contributed by atoms with E-state index in [1.54, 1.807) is 0 Å². The highest BCUT2D eigenvalue weighted by atomic mass is 16.3. The Labute approximate surface area is 494 Å². The molecule has 0 saturated carbocycles. The average Bonchev–Trinajstić information content (AvgIpc) is 3.47. The predicted molar refractivity (Wildman–Crippen MR) is 334 cm³/mol. The topological polar surface area (TPSA) is 583 Å². The van der Waals surface area contributed by atoms with Crippen LogP contribution in [0.5, 0.6) is 0 Å². The van der Waals surface area contributed by atoms with Crippen LogP contribution in [-0.4, -0.2) is 154 Å². The molecule has 6 heterocycles. The number of nitrogens with two attached hydrogens (primary N) is 9. The zero-order valence-electron chi connectivity index (χ0n) is 48.6. The molecule has 0 aliphatic heterocycles. The van der Waals surface area contributed by atoms with Gasteiger partial charge in [-0.15, -0.1) is 0 Å². The summed E-state index contributed by atoms with van der Waals surface area (Å²) >= 11 is 0. The molecule has 6 aromatic rings. The fraction of sp³-hybridized carbons (Fsp3) is 0.633. The fourth-order valence-corrected chi connectivity index (χ4v) is 8.14. The molecule has 466 valence electrons. The first-order valence-corrected chi connectivity index (χ1v) is 29.1. The summed E-state index contributed by atoms with van der Waals surface area (Å²) in [5, 5.41) is 34.4. The minimum Gasteiger partial charge on any atom is -0.396 e. The molecule has 6 rings (SSSR count). The van der Waals surface area contributed by atoms with Gasteiger partial charge in [0.25, 0.3) is 0 Å². The van der Waals surface area contributed by atoms with E-state index in [4.69, 9.17) is 56.7 Å². The minimum absolute atomic E-state index is 0.101. The van der Waals surface area contributed by atoms with E-state index in [0.717, 1.165) is 194 Å². The number of anilines is 17. The predicted octanol–water partition coefficient (Wildman–Crippen LogP) is 2.55. The zero-order valence-corrected chi connectivity index (χ0v) is 48.6. The molecule has 36 nitrogen and oxygen atoms in total. The number of hydrogen-bond donors (Lipinski definition) is 18. The lowest BCUT2D eigenvalue weighted by Gasteiger charge is -2.10. The van der Waals surface area contributed by atoms with Crippen LogP contribution < -0.4 is 94.1 Å². The van der Waals surface area contributed by atoms with Gasteiger partial charge in [-0.05, 0) is 64.2 Å². The van der Waals surface area contributed by atoms with Gasteiger partial charge in [0.1, 0.15) is 5.82 Å². The van der Waals surface area contributed by atoms with E-state index >= 15 is 0 Å². The van der Waals surface area contributed by atoms with Crippen LogP contribution in [0.3, 0.4) is 0 Å². The van der Waals surface area contributed by atoms with Crippen molar-refractivity contribution >= 4 is 101 Å². The number of aliphatic hydroxyl groups excluding tert-OH is 1. The van der Waals surface area contributed by atoms with Crippen molar-refractivity contribution in [2.75, 3.05) is 153 Å². The molecular weight excluding hydrogens is 1090 g/mol. The Morgan fingerprint density at radius 2 is 0.376 bits per heavy atom. The lowest BCUT2D eigenvalue weighted by Crippen LogP contribution is -2.13. The van der Waals surface area contributed by atoms with E-state index in [0.29, 0.717) is 53.4 Å². The first-order chi connectivity index (χ1) is 41.3. The van der Waals surface area contributed by atoms with Crippen LogP contribution in [0.25, 0.3) is 0 Å². The Morgan fingerprint density at radius 3 is 0.612 bits per heavy atom. The summed E-state index contributed by atoms with van der Waals surface area (Å²) in [6.07, 6.45) is 21.8. The van der Waals surface area contributed by atoms with Crippen molar-refractivity contribution in [1.29, 1.82) is 0 Å². The summed E-state index contributed by atoms with van der Waals surface area (Å²) in [7, 11) is 0. The zero-order chi connectivity index (χ0) is 60.7. The molecule has 27 N–H and O–H groups in total. The number of aliphatic hydroxyl groups is 1. The number of nitrogens with zero attached hydrogens (tertiary/aromatic N) is 18. The number of nitrogens with one attached hydrogen (secondary N) is 8. The van der Waals surface area contributed by atoms with Gasteiger partial charge >= 0.3 is 0 Å². The maximum atomic E-state index is 8.85. The van der Waals surface area contributed by atoms with Gasteiger partial charge in [0.2, 0.25) is 101 Å². The van der Waals surface area contributed by atoms with Gasteiger partial charge in [0.15, 0.2) is 0 Å². The molecule has 0 unspecified atom stereocenters. The largest absolute Gasteiger partial charge is 0.396 e. The third-order valence-corrected chi connectivity index (χ3v) is 12.3. The molecule has 0 aliphatic rings. The lowest BCUT2D eigenvalue weighted by molar-refractivity contribution is 0.283. The quantitative estimate of drug-likeness (QED) is 0.0245. The van der Waals surface area contributed by atoms with E-state index in [9.17, 15) is 0 Å². The number of rotatable bonds is 43. The fourth-order valence-electron chi connectivity index (χ4n) is 8.14. The molecule has 0 atom stereocenters. The van der Waals surface area contributed by atoms with Gasteiger partial charge in [0, 0.05) is 65.4 Å². The third-order valence-electron chi connectivity index (χ3n) is 12.3. The van der Waals surface area contributed by atoms with E-state index in [1.807, 2.05) is 0 Å². The number of nitrogen functional groups attached to an aromatic ring is 9. The van der Waals surface area contributed by atoms with Crippen molar-refractivity contribution in [3.63, 3.8) is 0 Å². The molecule has 0 amide bonds. The monoisotopic (exact) mass is 1180 g/mol. The number of aryl methyl sites for hydroxylation is 1. The third kappa shape index (κ3) is 30.0. The molecule has 36 heteroatoms. The van der Waals surface area contributed by atoms with E-state index in [-0.39, 0.29) is 60.1 Å². The standard InChI is InChI=1S/C27H50N18O.C22H39N17/c28-19-37-20(29)39-23(38-19)32-13-7-1-2-8-14-33-24-40-21(30)41-25(44-24)34-15-9-3-4-10-16-35-26-42-22(31)43-27(45-26)36-17-11-5-6-12-18-46;23-15-31-14(32-16(24)33-15)10-6-2-1-3-7-12-29-21-37-19(27)38-22(39-21)30-13-9-5-4-8-11-28-20-35-17(25)34-18(26)36-20/h46H,1-18H2,(H5,28,29,32,37,38,39)(H4,30,33,34,40,41,44)(H4,31,35,36,42,43,45);1-13H2,(H4,23,24,31,32,33)(H5,25,26,28,34,35,36)(H4,27,29,30,37,38,39). The van der Waals surface area contributed by atoms with Crippen LogP contribution >= 0.6 is 0 Å². The maximum Gasteiger partial charge on any atom is 0.229 e. The van der Waals surface area contributed by atoms with Crippen LogP contribution in [0, 0.1) is 0 Å². The molecule has 6 aromatic heterocycles. The molecule has 0 fully saturated rings. The Morgan fingerprint density at radius 1 is 0.200 bits per heavy atom. The SMILES string of the molecule is Nc1nc(N)nc(CCCCCCCNc2nc(N)nc(NCCCCCCNc3nc(N)nc(N)n3)n2)n1.Nc1nc(N)nc(NCCCCCCNc2nc(N)nc(NCCCCCCNc3nc(N)nc(NCCCCCCO)n3)n2)n1. The second kappa shape index (κ2) is 39.2. The second-order valence-electron chi connectivity index (χ2n) is 19.6. The Hall–Kier alpha value is -9.38. The normalized spacial score (nSPS) is 10.9. The Bertz CT molecular complexity index is 2670. The average molecular weight is 1180 g/mol. The smallest absolute Gasteiger partial charge is 0.229 e. The molecule has 0 radical (unpaired) electrons. The summed E-state index contributed by atoms with van der Waals surface area (Å²) in [6.45, 7) is 6.10. The van der Waals surface area contributed by atoms with E-state index < -0.39 is 0 Å². The maximum absolute atomic E-state index is 8.85. The number of unbranched alkanes of at least 4 members (excludes halogenated alkanes) is 16. The molecule has 0 saturated heterocycles. The lowest BCUT2D eigenvalue weighted by atomic mass is 10.1. The van der Waals surface area contributed by atoms with E-state index in [1.165, 1.54) is 0 Å². The van der Waals surface area contributed by atoms with Crippen LogP contribution in [0.15, 0.2) is 0 Å². The Balaban J connectivity index is 0.000000315. The Kier molecular flexibility index (Phi) is 30.6. The van der Waals surface area contributed by atoms with Crippen LogP contribution in [0.1, 0.15) is 141 Å². The molecule has 0 bridgehead atoms. The van der Waals surface area contributed by atoms with Gasteiger partial charge in [-0.2, -0.15) is 89.7 Å². The minimum atomic E-state index is 0.101. The number of hydrogen-bond acceptors (Lipinski definition) is 36. The first-order valence-electron chi connectivity index (χ1n) is 29.1. The van der Waals surface area contributed by atoms with Gasteiger partial charge in [-0.3, -0.25) is 0 Å². The van der Waals surface area contributed by atoms with Gasteiger partial charge < -0.3 is 99.2 Å². The molecule has 85 heavy (non-hydrogen) atoms. The van der Waals surface area contributed by atoms with Crippen molar-refractivity contribution in [3.05, 3.63) is 5.82 Å². The van der Waals surface area contributed by atoms with E-state index in [2.05, 4.69) is 132 Å². The molecule has 0 aliphatic carbocycles. The molecule has 0 spiro atoms.